The fourth-order valence-electron chi connectivity index (χ4n) is 8.42. The van der Waals surface area contributed by atoms with Crippen molar-refractivity contribution in [2.24, 2.45) is 0 Å². The molecule has 9 heteroatoms. The van der Waals surface area contributed by atoms with Crippen molar-refractivity contribution in [1.29, 1.82) is 0 Å². The third-order valence-corrected chi connectivity index (χ3v) is 12.7. The molecular weight excluding hydrogens is 937 g/mol. The minimum Gasteiger partial charge on any atom is -0.504 e. The molecule has 0 unspecified atom stereocenters. The van der Waals surface area contributed by atoms with Crippen LogP contribution in [0.1, 0.15) is 77.6 Å². The van der Waals surface area contributed by atoms with Crippen LogP contribution in [0.15, 0.2) is 224 Å². The van der Waals surface area contributed by atoms with E-state index >= 15 is 0 Å². The molecule has 9 aromatic rings. The fraction of sp³-hybridized carbons (Fsp3) is 0.182. The summed E-state index contributed by atoms with van der Waals surface area (Å²) in [6.45, 7) is 16.1. The summed E-state index contributed by atoms with van der Waals surface area (Å²) in [6.07, 6.45) is 0. The van der Waals surface area contributed by atoms with Gasteiger partial charge in [0.1, 0.15) is 74.1 Å². The first-order chi connectivity index (χ1) is 36.0. The normalized spacial score (nSPS) is 11.8. The Morgan fingerprint density at radius 1 is 0.240 bits per heavy atom. The van der Waals surface area contributed by atoms with Crippen LogP contribution in [0.2, 0.25) is 0 Å². The number of rotatable bonds is 20. The lowest BCUT2D eigenvalue weighted by atomic mass is 9.96. The van der Waals surface area contributed by atoms with Crippen LogP contribution in [0.4, 0.5) is 0 Å². The maximum absolute atomic E-state index is 10.9. The van der Waals surface area contributed by atoms with Crippen LogP contribution in [-0.4, -0.2) is 5.11 Å². The van der Waals surface area contributed by atoms with Gasteiger partial charge in [-0.1, -0.05) is 97.1 Å². The Morgan fingerprint density at radius 2 is 0.547 bits per heavy atom. The summed E-state index contributed by atoms with van der Waals surface area (Å²) in [5.74, 6) is 7.44. The van der Waals surface area contributed by atoms with Crippen molar-refractivity contribution in [3.8, 4) is 74.7 Å². The van der Waals surface area contributed by atoms with Gasteiger partial charge in [0.15, 0.2) is 23.0 Å². The summed E-state index contributed by atoms with van der Waals surface area (Å²) in [5, 5.41) is 10.9. The summed E-state index contributed by atoms with van der Waals surface area (Å²) >= 11 is 0. The standard InChI is InChI=1S/C66H62O9/c1-63(2,72-55-22-16-11-17-23-55)47-26-33-57(34-27-47)74-66(7,8)49-30-42-59(67)61(44-49)70-53-31-24-46(25-32-53)64(3,4)73-56-35-28-48(29-36-56)65(5,6)75-60-43-41-58(69-51-20-14-10-15-21-51)45-62(60)71-54-39-37-52(38-40-54)68-50-18-12-9-13-19-50/h9-45,67H,1-8H3. The van der Waals surface area contributed by atoms with E-state index in [9.17, 15) is 5.11 Å². The number of hydrogen-bond acceptors (Lipinski definition) is 9. The molecule has 0 aliphatic carbocycles. The topological polar surface area (TPSA) is 94.1 Å². The van der Waals surface area contributed by atoms with Crippen LogP contribution in [-0.2, 0) is 22.4 Å². The highest BCUT2D eigenvalue weighted by atomic mass is 16.5. The van der Waals surface area contributed by atoms with E-state index in [1.807, 2.05) is 274 Å². The largest absolute Gasteiger partial charge is 0.504 e. The quantitative estimate of drug-likeness (QED) is 0.0801. The number of para-hydroxylation sites is 3. The first-order valence-corrected chi connectivity index (χ1v) is 25.0. The molecule has 0 radical (unpaired) electrons. The lowest BCUT2D eigenvalue weighted by Crippen LogP contribution is -2.26. The maximum atomic E-state index is 10.9. The highest BCUT2D eigenvalue weighted by Gasteiger charge is 2.29. The number of ether oxygens (including phenoxy) is 8. The van der Waals surface area contributed by atoms with Crippen LogP contribution in [0.5, 0.6) is 74.7 Å². The third kappa shape index (κ3) is 13.1. The van der Waals surface area contributed by atoms with Gasteiger partial charge < -0.3 is 43.0 Å². The number of phenolic OH excluding ortho intramolecular Hbond substituents is 1. The van der Waals surface area contributed by atoms with Crippen molar-refractivity contribution in [2.75, 3.05) is 0 Å². The van der Waals surface area contributed by atoms with Crippen molar-refractivity contribution in [3.63, 3.8) is 0 Å². The first-order valence-electron chi connectivity index (χ1n) is 25.0. The molecule has 9 rings (SSSR count). The Labute approximate surface area is 440 Å². The van der Waals surface area contributed by atoms with Gasteiger partial charge in [0.2, 0.25) is 0 Å². The van der Waals surface area contributed by atoms with Crippen molar-refractivity contribution in [3.05, 3.63) is 247 Å². The minimum atomic E-state index is -0.781. The first kappa shape index (κ1) is 51.1. The van der Waals surface area contributed by atoms with E-state index in [0.29, 0.717) is 57.5 Å². The van der Waals surface area contributed by atoms with Crippen LogP contribution >= 0.6 is 0 Å². The van der Waals surface area contributed by atoms with Crippen LogP contribution in [0, 0.1) is 0 Å². The number of benzene rings is 9. The van der Waals surface area contributed by atoms with Gasteiger partial charge in [-0.2, -0.15) is 0 Å². The van der Waals surface area contributed by atoms with Crippen LogP contribution in [0.25, 0.3) is 0 Å². The zero-order chi connectivity index (χ0) is 52.6. The maximum Gasteiger partial charge on any atom is 0.173 e. The van der Waals surface area contributed by atoms with Gasteiger partial charge in [0, 0.05) is 6.07 Å². The molecule has 0 amide bonds. The molecule has 0 saturated carbocycles. The molecule has 380 valence electrons. The molecule has 0 atom stereocenters. The molecule has 0 heterocycles. The van der Waals surface area contributed by atoms with Crippen molar-refractivity contribution in [1.82, 2.24) is 0 Å². The van der Waals surface area contributed by atoms with Gasteiger partial charge in [-0.05, 0) is 199 Å². The average Bonchev–Trinajstić information content (AvgIpc) is 3.39. The van der Waals surface area contributed by atoms with Crippen LogP contribution in [0.3, 0.4) is 0 Å². The van der Waals surface area contributed by atoms with Gasteiger partial charge in [0.25, 0.3) is 0 Å². The zero-order valence-corrected chi connectivity index (χ0v) is 43.6. The van der Waals surface area contributed by atoms with E-state index < -0.39 is 22.4 Å². The Kier molecular flexibility index (Phi) is 14.8. The highest BCUT2D eigenvalue weighted by molar-refractivity contribution is 5.51. The van der Waals surface area contributed by atoms with E-state index in [1.54, 1.807) is 6.07 Å². The smallest absolute Gasteiger partial charge is 0.173 e. The molecule has 0 saturated heterocycles. The molecular formula is C66H62O9. The van der Waals surface area contributed by atoms with Gasteiger partial charge in [-0.15, -0.1) is 0 Å². The summed E-state index contributed by atoms with van der Waals surface area (Å²) < 4.78 is 51.1. The second-order valence-electron chi connectivity index (χ2n) is 20.1. The minimum absolute atomic E-state index is 0.0147. The highest BCUT2D eigenvalue weighted by Crippen LogP contribution is 2.42. The molecule has 0 aromatic heterocycles. The Bertz CT molecular complexity index is 3280. The van der Waals surface area contributed by atoms with Crippen molar-refractivity contribution < 1.29 is 43.0 Å². The second-order valence-corrected chi connectivity index (χ2v) is 20.1. The summed E-state index contributed by atoms with van der Waals surface area (Å²) in [5.41, 5.74) is 0.914. The Balaban J connectivity index is 0.833. The van der Waals surface area contributed by atoms with Gasteiger partial charge >= 0.3 is 0 Å². The van der Waals surface area contributed by atoms with E-state index in [-0.39, 0.29) is 5.75 Å². The van der Waals surface area contributed by atoms with Gasteiger partial charge in [-0.3, -0.25) is 0 Å². The average molecular weight is 999 g/mol. The molecule has 9 aromatic carbocycles. The SMILES string of the molecule is CC(C)(Oc1ccc(C(C)(C)Oc2ccc(Oc3ccccc3)cc2Oc2ccc(Oc3ccccc3)cc2)cc1)c1ccc(Oc2cc(C(C)(C)Oc3ccc(C(C)(C)Oc4ccccc4)cc3)ccc2O)cc1. The molecule has 0 bridgehead atoms. The number of phenols is 1. The molecule has 0 aliphatic heterocycles. The lowest BCUT2D eigenvalue weighted by Gasteiger charge is -2.30. The van der Waals surface area contributed by atoms with E-state index in [0.717, 1.165) is 33.8 Å². The predicted octanol–water partition coefficient (Wildman–Crippen LogP) is 17.8. The van der Waals surface area contributed by atoms with Gasteiger partial charge in [-0.25, -0.2) is 0 Å². The number of hydrogen-bond donors (Lipinski definition) is 1. The lowest BCUT2D eigenvalue weighted by molar-refractivity contribution is 0.102. The fourth-order valence-corrected chi connectivity index (χ4v) is 8.42. The van der Waals surface area contributed by atoms with Gasteiger partial charge in [0.05, 0.1) is 0 Å². The third-order valence-electron chi connectivity index (χ3n) is 12.7. The summed E-state index contributed by atoms with van der Waals surface area (Å²) in [4.78, 5) is 0. The zero-order valence-electron chi connectivity index (χ0n) is 43.6. The molecule has 0 fully saturated rings. The van der Waals surface area contributed by atoms with E-state index in [2.05, 4.69) is 0 Å². The van der Waals surface area contributed by atoms with E-state index in [1.165, 1.54) is 0 Å². The molecule has 75 heavy (non-hydrogen) atoms. The molecule has 0 spiro atoms. The molecule has 9 nitrogen and oxygen atoms in total. The van der Waals surface area contributed by atoms with Crippen molar-refractivity contribution >= 4 is 0 Å². The Hall–Kier alpha value is -8.82. The summed E-state index contributed by atoms with van der Waals surface area (Å²) in [6, 6.07) is 70.8. The predicted molar refractivity (Wildman–Crippen MR) is 295 cm³/mol. The second kappa shape index (κ2) is 21.7. The summed E-state index contributed by atoms with van der Waals surface area (Å²) in [7, 11) is 0. The monoisotopic (exact) mass is 998 g/mol. The Morgan fingerprint density at radius 3 is 1.01 bits per heavy atom. The molecule has 1 N–H and O–H groups in total. The number of aromatic hydroxyl groups is 1. The molecule has 0 aliphatic rings. The van der Waals surface area contributed by atoms with Crippen molar-refractivity contribution in [2.45, 2.75) is 77.8 Å². The van der Waals surface area contributed by atoms with E-state index in [4.69, 9.17) is 37.9 Å². The van der Waals surface area contributed by atoms with Crippen LogP contribution < -0.4 is 37.9 Å².